The maximum absolute atomic E-state index is 4.56. The van der Waals surface area contributed by atoms with Crippen molar-refractivity contribution in [3.05, 3.63) is 0 Å². The molecule has 1 unspecified atom stereocenters. The summed E-state index contributed by atoms with van der Waals surface area (Å²) in [5.74, 6) is 4.42. The lowest BCUT2D eigenvalue weighted by atomic mass is 10.3. The molecule has 0 bridgehead atoms. The Labute approximate surface area is 125 Å². The fourth-order valence-corrected chi connectivity index (χ4v) is 3.30. The molecule has 112 valence electrons. The zero-order chi connectivity index (χ0) is 14.4. The number of thioether (sulfide) groups is 1. The fourth-order valence-electron chi connectivity index (χ4n) is 2.15. The van der Waals surface area contributed by atoms with Crippen LogP contribution in [0.5, 0.6) is 0 Å². The van der Waals surface area contributed by atoms with E-state index in [-0.39, 0.29) is 0 Å². The van der Waals surface area contributed by atoms with Gasteiger partial charge in [-0.15, -0.1) is 0 Å². The summed E-state index contributed by atoms with van der Waals surface area (Å²) in [6.45, 7) is 8.86. The molecule has 1 aromatic heterocycles. The second-order valence-corrected chi connectivity index (χ2v) is 5.84. The van der Waals surface area contributed by atoms with Crippen LogP contribution in [0.1, 0.15) is 27.2 Å². The highest BCUT2D eigenvalue weighted by atomic mass is 32.2. The van der Waals surface area contributed by atoms with Gasteiger partial charge in [0.2, 0.25) is 17.8 Å². The summed E-state index contributed by atoms with van der Waals surface area (Å²) >= 11 is 1.98. The molecule has 2 rings (SSSR count). The van der Waals surface area contributed by atoms with Crippen molar-refractivity contribution in [2.45, 2.75) is 33.2 Å². The SMILES string of the molecule is CCNc1nc(NC2CCSC2)nc(N(CC)CC)n1. The van der Waals surface area contributed by atoms with Crippen molar-refractivity contribution in [1.82, 2.24) is 15.0 Å². The van der Waals surface area contributed by atoms with Gasteiger partial charge >= 0.3 is 0 Å². The van der Waals surface area contributed by atoms with Gasteiger partial charge in [0, 0.05) is 31.4 Å². The van der Waals surface area contributed by atoms with Gasteiger partial charge < -0.3 is 15.5 Å². The lowest BCUT2D eigenvalue weighted by molar-refractivity contribution is 0.779. The van der Waals surface area contributed by atoms with Crippen LogP contribution in [0.3, 0.4) is 0 Å². The number of nitrogens with zero attached hydrogens (tertiary/aromatic N) is 4. The van der Waals surface area contributed by atoms with Crippen molar-refractivity contribution in [2.75, 3.05) is 46.7 Å². The van der Waals surface area contributed by atoms with E-state index in [2.05, 4.69) is 44.3 Å². The molecular formula is C13H24N6S. The Bertz CT molecular complexity index is 417. The molecule has 0 aliphatic carbocycles. The molecule has 1 aromatic rings. The largest absolute Gasteiger partial charge is 0.354 e. The van der Waals surface area contributed by atoms with E-state index in [0.29, 0.717) is 17.9 Å². The van der Waals surface area contributed by atoms with Crippen LogP contribution in [0.15, 0.2) is 0 Å². The van der Waals surface area contributed by atoms with Gasteiger partial charge in [0.15, 0.2) is 0 Å². The first-order chi connectivity index (χ1) is 9.76. The van der Waals surface area contributed by atoms with Crippen LogP contribution >= 0.6 is 11.8 Å². The molecule has 1 fully saturated rings. The maximum Gasteiger partial charge on any atom is 0.231 e. The van der Waals surface area contributed by atoms with Crippen LogP contribution in [0, 0.1) is 0 Å². The zero-order valence-corrected chi connectivity index (χ0v) is 13.3. The summed E-state index contributed by atoms with van der Waals surface area (Å²) < 4.78 is 0. The molecule has 0 amide bonds. The molecule has 1 saturated heterocycles. The summed E-state index contributed by atoms with van der Waals surface area (Å²) in [7, 11) is 0. The first-order valence-corrected chi connectivity index (χ1v) is 8.51. The molecule has 0 saturated carbocycles. The van der Waals surface area contributed by atoms with Crippen LogP contribution in [-0.4, -0.2) is 52.1 Å². The normalized spacial score (nSPS) is 18.1. The number of rotatable bonds is 7. The first kappa shape index (κ1) is 15.2. The van der Waals surface area contributed by atoms with E-state index in [4.69, 9.17) is 0 Å². The number of nitrogens with one attached hydrogen (secondary N) is 2. The third kappa shape index (κ3) is 3.88. The highest BCUT2D eigenvalue weighted by Crippen LogP contribution is 2.21. The lowest BCUT2D eigenvalue weighted by Gasteiger charge is -2.20. The van der Waals surface area contributed by atoms with Crippen LogP contribution in [0.25, 0.3) is 0 Å². The van der Waals surface area contributed by atoms with Crippen LogP contribution in [-0.2, 0) is 0 Å². The summed E-state index contributed by atoms with van der Waals surface area (Å²) in [5, 5.41) is 6.62. The molecule has 1 aliphatic heterocycles. The quantitative estimate of drug-likeness (QED) is 0.798. The van der Waals surface area contributed by atoms with Crippen LogP contribution in [0.2, 0.25) is 0 Å². The first-order valence-electron chi connectivity index (χ1n) is 7.36. The Balaban J connectivity index is 2.19. The van der Waals surface area contributed by atoms with Gasteiger partial charge in [0.05, 0.1) is 0 Å². The van der Waals surface area contributed by atoms with Gasteiger partial charge in [-0.25, -0.2) is 0 Å². The molecule has 6 nitrogen and oxygen atoms in total. The Kier molecular flexibility index (Phi) is 5.70. The molecule has 1 aliphatic rings. The monoisotopic (exact) mass is 296 g/mol. The smallest absolute Gasteiger partial charge is 0.231 e. The van der Waals surface area contributed by atoms with Gasteiger partial charge in [-0.05, 0) is 32.9 Å². The molecule has 7 heteroatoms. The van der Waals surface area contributed by atoms with Crippen molar-refractivity contribution in [3.63, 3.8) is 0 Å². The minimum absolute atomic E-state index is 0.474. The molecule has 0 spiro atoms. The zero-order valence-electron chi connectivity index (χ0n) is 12.5. The summed E-state index contributed by atoms with van der Waals surface area (Å²) in [6, 6.07) is 0.474. The Morgan fingerprint density at radius 2 is 1.90 bits per heavy atom. The van der Waals surface area contributed by atoms with Crippen molar-refractivity contribution in [2.24, 2.45) is 0 Å². The standard InChI is InChI=1S/C13H24N6S/c1-4-14-11-16-12(15-10-7-8-20-9-10)18-13(17-11)19(5-2)6-3/h10H,4-9H2,1-3H3,(H2,14,15,16,17,18). The molecule has 2 N–H and O–H groups in total. The van der Waals surface area contributed by atoms with E-state index in [1.165, 1.54) is 12.2 Å². The van der Waals surface area contributed by atoms with Gasteiger partial charge in [-0.3, -0.25) is 0 Å². The topological polar surface area (TPSA) is 66.0 Å². The number of aromatic nitrogens is 3. The minimum Gasteiger partial charge on any atom is -0.354 e. The van der Waals surface area contributed by atoms with E-state index >= 15 is 0 Å². The van der Waals surface area contributed by atoms with Crippen LogP contribution in [0.4, 0.5) is 17.8 Å². The third-order valence-electron chi connectivity index (χ3n) is 3.27. The fraction of sp³-hybridized carbons (Fsp3) is 0.769. The maximum atomic E-state index is 4.56. The Hall–Kier alpha value is -1.24. The lowest BCUT2D eigenvalue weighted by Crippen LogP contribution is -2.27. The molecule has 0 aromatic carbocycles. The van der Waals surface area contributed by atoms with E-state index in [1.807, 2.05) is 18.7 Å². The average molecular weight is 296 g/mol. The van der Waals surface area contributed by atoms with Crippen molar-refractivity contribution in [3.8, 4) is 0 Å². The second-order valence-electron chi connectivity index (χ2n) is 4.69. The van der Waals surface area contributed by atoms with E-state index in [0.717, 1.165) is 31.3 Å². The van der Waals surface area contributed by atoms with Gasteiger partial charge in [0.25, 0.3) is 0 Å². The predicted octanol–water partition coefficient (Wildman–Crippen LogP) is 2.07. The van der Waals surface area contributed by atoms with E-state index in [9.17, 15) is 0 Å². The Morgan fingerprint density at radius 1 is 1.15 bits per heavy atom. The van der Waals surface area contributed by atoms with Gasteiger partial charge in [-0.1, -0.05) is 0 Å². The van der Waals surface area contributed by atoms with E-state index < -0.39 is 0 Å². The van der Waals surface area contributed by atoms with Crippen molar-refractivity contribution >= 4 is 29.6 Å². The van der Waals surface area contributed by atoms with Crippen molar-refractivity contribution in [1.29, 1.82) is 0 Å². The molecule has 2 heterocycles. The summed E-state index contributed by atoms with van der Waals surface area (Å²) in [5.41, 5.74) is 0. The van der Waals surface area contributed by atoms with Gasteiger partial charge in [-0.2, -0.15) is 26.7 Å². The molecule has 1 atom stereocenters. The Morgan fingerprint density at radius 3 is 2.50 bits per heavy atom. The minimum atomic E-state index is 0.474. The molecule has 20 heavy (non-hydrogen) atoms. The summed E-state index contributed by atoms with van der Waals surface area (Å²) in [4.78, 5) is 15.6. The number of hydrogen-bond acceptors (Lipinski definition) is 7. The van der Waals surface area contributed by atoms with Crippen molar-refractivity contribution < 1.29 is 0 Å². The average Bonchev–Trinajstić information content (AvgIpc) is 2.93. The second kappa shape index (κ2) is 7.52. The summed E-state index contributed by atoms with van der Waals surface area (Å²) in [6.07, 6.45) is 1.17. The highest BCUT2D eigenvalue weighted by molar-refractivity contribution is 7.99. The number of hydrogen-bond donors (Lipinski definition) is 2. The van der Waals surface area contributed by atoms with Gasteiger partial charge in [0.1, 0.15) is 0 Å². The highest BCUT2D eigenvalue weighted by Gasteiger charge is 2.18. The molecular weight excluding hydrogens is 272 g/mol. The predicted molar refractivity (Wildman–Crippen MR) is 86.9 cm³/mol. The number of anilines is 3. The third-order valence-corrected chi connectivity index (χ3v) is 4.43. The van der Waals surface area contributed by atoms with E-state index in [1.54, 1.807) is 0 Å². The molecule has 0 radical (unpaired) electrons. The van der Waals surface area contributed by atoms with Crippen LogP contribution < -0.4 is 15.5 Å².